The molecule has 0 bridgehead atoms. The molecule has 65 valence electrons. The molecule has 0 aliphatic carbocycles. The molecule has 0 amide bonds. The maximum absolute atomic E-state index is 4.01. The molecule has 3 heteroatoms. The number of unbranched alkanes of at least 4 members (excludes halogenated alkanes) is 1. The number of rotatable bonds is 5. The zero-order valence-electron chi connectivity index (χ0n) is 7.42. The smallest absolute Gasteiger partial charge is 0 e. The zero-order chi connectivity index (χ0) is 7.98. The standard InChI is InChI=1S/C8H18NP.Y/c1-4-6-7-8(3)9(10)5-2;/h8H,2-7,10H2,1H3;/q-2;. The van der Waals surface area contributed by atoms with E-state index in [0.717, 1.165) is 6.54 Å². The van der Waals surface area contributed by atoms with E-state index >= 15 is 0 Å². The maximum Gasteiger partial charge on any atom is 0 e. The van der Waals surface area contributed by atoms with E-state index in [1.54, 1.807) is 0 Å². The van der Waals surface area contributed by atoms with Crippen LogP contribution in [0.3, 0.4) is 0 Å². The van der Waals surface area contributed by atoms with Crippen molar-refractivity contribution in [2.24, 2.45) is 0 Å². The van der Waals surface area contributed by atoms with Crippen molar-refractivity contribution in [3.63, 3.8) is 0 Å². The minimum Gasteiger partial charge on any atom is -0.344 e. The Morgan fingerprint density at radius 2 is 2.09 bits per heavy atom. The van der Waals surface area contributed by atoms with Gasteiger partial charge in [0.25, 0.3) is 0 Å². The summed E-state index contributed by atoms with van der Waals surface area (Å²) in [6, 6.07) is 0.419. The normalized spacial score (nSPS) is 12.8. The van der Waals surface area contributed by atoms with E-state index in [4.69, 9.17) is 0 Å². The first-order valence-electron chi connectivity index (χ1n) is 3.86. The molecule has 1 radical (unpaired) electrons. The molecule has 1 nitrogen and oxygen atoms in total. The van der Waals surface area contributed by atoms with Crippen LogP contribution in [0.5, 0.6) is 0 Å². The summed E-state index contributed by atoms with van der Waals surface area (Å²) in [4.78, 5) is 0. The van der Waals surface area contributed by atoms with Gasteiger partial charge in [0.2, 0.25) is 0 Å². The van der Waals surface area contributed by atoms with Gasteiger partial charge in [0.05, 0.1) is 0 Å². The van der Waals surface area contributed by atoms with Crippen molar-refractivity contribution in [3.8, 4) is 0 Å². The fourth-order valence-corrected chi connectivity index (χ4v) is 0.937. The van der Waals surface area contributed by atoms with Crippen LogP contribution in [0, 0.1) is 13.8 Å². The Morgan fingerprint density at radius 1 is 1.55 bits per heavy atom. The Hall–Kier alpha value is 1.49. The first-order chi connectivity index (χ1) is 4.72. The summed E-state index contributed by atoms with van der Waals surface area (Å²) in [6.45, 7) is 10.8. The molecule has 0 aromatic heterocycles. The Morgan fingerprint density at radius 3 is 2.45 bits per heavy atom. The fourth-order valence-electron chi connectivity index (χ4n) is 0.788. The molecule has 0 aliphatic rings. The van der Waals surface area contributed by atoms with Crippen LogP contribution in [0.25, 0.3) is 0 Å². The van der Waals surface area contributed by atoms with E-state index in [9.17, 15) is 0 Å². The van der Waals surface area contributed by atoms with Crippen LogP contribution >= 0.6 is 9.39 Å². The van der Waals surface area contributed by atoms with Gasteiger partial charge in [0, 0.05) is 32.7 Å². The molecular weight excluding hydrogens is 230 g/mol. The summed E-state index contributed by atoms with van der Waals surface area (Å²) < 4.78 is 2.09. The molecule has 0 saturated carbocycles. The summed E-state index contributed by atoms with van der Waals surface area (Å²) in [5.74, 6) is 0. The molecule has 2 atom stereocenters. The van der Waals surface area contributed by atoms with Crippen LogP contribution in [0.15, 0.2) is 0 Å². The molecule has 0 aromatic rings. The predicted molar refractivity (Wildman–Crippen MR) is 50.4 cm³/mol. The number of hydrogen-bond acceptors (Lipinski definition) is 1. The predicted octanol–water partition coefficient (Wildman–Crippen LogP) is 2.30. The van der Waals surface area contributed by atoms with Gasteiger partial charge in [-0.05, 0) is 0 Å². The third kappa shape index (κ3) is 7.84. The van der Waals surface area contributed by atoms with Crippen molar-refractivity contribution in [3.05, 3.63) is 13.8 Å². The van der Waals surface area contributed by atoms with Gasteiger partial charge in [-0.15, -0.1) is 12.6 Å². The summed E-state index contributed by atoms with van der Waals surface area (Å²) in [5.41, 5.74) is 0. The summed E-state index contributed by atoms with van der Waals surface area (Å²) in [6.07, 6.45) is 3.69. The van der Waals surface area contributed by atoms with Crippen molar-refractivity contribution in [1.29, 1.82) is 0 Å². The van der Waals surface area contributed by atoms with Gasteiger partial charge in [-0.2, -0.15) is 0 Å². The Labute approximate surface area is 98.8 Å². The topological polar surface area (TPSA) is 3.24 Å². The Kier molecular flexibility index (Phi) is 13.1. The second-order valence-electron chi connectivity index (χ2n) is 2.53. The monoisotopic (exact) mass is 248 g/mol. The van der Waals surface area contributed by atoms with E-state index in [1.165, 1.54) is 19.3 Å². The van der Waals surface area contributed by atoms with E-state index in [1.807, 2.05) is 0 Å². The van der Waals surface area contributed by atoms with Crippen LogP contribution in [0.1, 0.15) is 26.2 Å². The molecule has 2 unspecified atom stereocenters. The van der Waals surface area contributed by atoms with E-state index in [2.05, 4.69) is 34.8 Å². The summed E-state index contributed by atoms with van der Waals surface area (Å²) in [7, 11) is 2.65. The molecule has 0 heterocycles. The molecule has 11 heavy (non-hydrogen) atoms. The molecule has 0 fully saturated rings. The minimum absolute atomic E-state index is 0. The number of nitrogens with zero attached hydrogens (tertiary/aromatic N) is 1. The van der Waals surface area contributed by atoms with Crippen molar-refractivity contribution < 1.29 is 32.7 Å². The quantitative estimate of drug-likeness (QED) is 0.533. The second kappa shape index (κ2) is 9.58. The van der Waals surface area contributed by atoms with Gasteiger partial charge in [-0.1, -0.05) is 35.6 Å². The van der Waals surface area contributed by atoms with Crippen molar-refractivity contribution in [1.82, 2.24) is 4.67 Å². The Balaban J connectivity index is 0. The zero-order valence-corrected chi connectivity index (χ0v) is 11.4. The first kappa shape index (κ1) is 15.0. The van der Waals surface area contributed by atoms with Crippen LogP contribution < -0.4 is 0 Å². The van der Waals surface area contributed by atoms with Crippen LogP contribution in [-0.2, 0) is 32.7 Å². The van der Waals surface area contributed by atoms with Crippen molar-refractivity contribution in [2.45, 2.75) is 32.2 Å². The Bertz CT molecular complexity index is 80.5. The SMILES string of the molecule is [CH2-]CN(P)C([CH2-])CCCC.[Y]. The average molecular weight is 248 g/mol. The largest absolute Gasteiger partial charge is 0.344 e. The molecule has 0 saturated heterocycles. The van der Waals surface area contributed by atoms with Crippen molar-refractivity contribution >= 4 is 9.39 Å². The van der Waals surface area contributed by atoms with E-state index in [-0.39, 0.29) is 32.7 Å². The second-order valence-corrected chi connectivity index (χ2v) is 3.20. The maximum atomic E-state index is 4.01. The third-order valence-corrected chi connectivity index (χ3v) is 2.30. The molecule has 0 rings (SSSR count). The van der Waals surface area contributed by atoms with Gasteiger partial charge in [-0.25, -0.2) is 0 Å². The van der Waals surface area contributed by atoms with Gasteiger partial charge < -0.3 is 18.5 Å². The molecule has 0 aromatic carbocycles. The molecule has 0 N–H and O–H groups in total. The van der Waals surface area contributed by atoms with Gasteiger partial charge >= 0.3 is 0 Å². The summed E-state index contributed by atoms with van der Waals surface area (Å²) >= 11 is 0. The third-order valence-electron chi connectivity index (χ3n) is 1.62. The van der Waals surface area contributed by atoms with Crippen LogP contribution in [-0.4, -0.2) is 17.3 Å². The minimum atomic E-state index is 0. The van der Waals surface area contributed by atoms with E-state index in [0.29, 0.717) is 6.04 Å². The van der Waals surface area contributed by atoms with Crippen LogP contribution in [0.2, 0.25) is 0 Å². The van der Waals surface area contributed by atoms with Crippen LogP contribution in [0.4, 0.5) is 0 Å². The molecule has 0 aliphatic heterocycles. The average Bonchev–Trinajstić information content (AvgIpc) is 1.98. The fraction of sp³-hybridized carbons (Fsp3) is 0.750. The van der Waals surface area contributed by atoms with Gasteiger partial charge in [-0.3, -0.25) is 0 Å². The molecule has 0 spiro atoms. The summed E-state index contributed by atoms with van der Waals surface area (Å²) in [5, 5.41) is 0. The molecular formula is C8H18NPY-2. The first-order valence-corrected chi connectivity index (χ1v) is 4.37. The number of hydrogen-bond donors (Lipinski definition) is 0. The van der Waals surface area contributed by atoms with Gasteiger partial charge in [0.1, 0.15) is 0 Å². The van der Waals surface area contributed by atoms with Crippen molar-refractivity contribution in [2.75, 3.05) is 6.54 Å². The van der Waals surface area contributed by atoms with E-state index < -0.39 is 0 Å². The van der Waals surface area contributed by atoms with Gasteiger partial charge in [0.15, 0.2) is 0 Å².